The number of hydrogen-bond donors (Lipinski definition) is 2. The smallest absolute Gasteiger partial charge is 0.329 e. The number of carboxylic acid groups (broad SMARTS) is 1. The maximum absolute atomic E-state index is 11.4. The zero-order valence-electron chi connectivity index (χ0n) is 10.5. The molecule has 0 saturated heterocycles. The number of nitriles is 1. The predicted molar refractivity (Wildman–Crippen MR) is 68.3 cm³/mol. The molecule has 1 aromatic rings. The molecule has 1 unspecified atom stereocenters. The van der Waals surface area contributed by atoms with Gasteiger partial charge in [-0.15, -0.1) is 0 Å². The summed E-state index contributed by atoms with van der Waals surface area (Å²) in [5, 5.41) is 21.4. The molecular formula is C14H16N2O2. The van der Waals surface area contributed by atoms with Crippen LogP contribution in [0.2, 0.25) is 0 Å². The summed E-state index contributed by atoms with van der Waals surface area (Å²) in [4.78, 5) is 11.4. The van der Waals surface area contributed by atoms with Gasteiger partial charge < -0.3 is 10.4 Å². The highest BCUT2D eigenvalue weighted by Crippen LogP contribution is 2.42. The summed E-state index contributed by atoms with van der Waals surface area (Å²) in [5.41, 5.74) is 1.26. The number of carbonyl (C=O) groups is 1. The van der Waals surface area contributed by atoms with Crippen LogP contribution in [0.5, 0.6) is 0 Å². The van der Waals surface area contributed by atoms with Gasteiger partial charge in [0.1, 0.15) is 5.54 Å². The van der Waals surface area contributed by atoms with Crippen molar-refractivity contribution in [1.82, 2.24) is 0 Å². The van der Waals surface area contributed by atoms with E-state index in [0.29, 0.717) is 5.56 Å². The molecule has 2 rings (SSSR count). The van der Waals surface area contributed by atoms with Crippen LogP contribution >= 0.6 is 0 Å². The first-order valence-electron chi connectivity index (χ1n) is 5.99. The van der Waals surface area contributed by atoms with Gasteiger partial charge in [0, 0.05) is 5.69 Å². The molecule has 0 spiro atoms. The van der Waals surface area contributed by atoms with Gasteiger partial charge in [0.05, 0.1) is 11.6 Å². The van der Waals surface area contributed by atoms with Gasteiger partial charge in [-0.05, 0) is 50.3 Å². The highest BCUT2D eigenvalue weighted by molar-refractivity contribution is 5.83. The largest absolute Gasteiger partial charge is 0.480 e. The lowest BCUT2D eigenvalue weighted by molar-refractivity contribution is -0.142. The molecule has 0 heterocycles. The summed E-state index contributed by atoms with van der Waals surface area (Å²) in [6.45, 7) is 3.62. The Labute approximate surface area is 106 Å². The lowest BCUT2D eigenvalue weighted by Gasteiger charge is -2.28. The van der Waals surface area contributed by atoms with E-state index in [9.17, 15) is 9.90 Å². The van der Waals surface area contributed by atoms with Gasteiger partial charge >= 0.3 is 5.97 Å². The molecule has 1 aliphatic carbocycles. The van der Waals surface area contributed by atoms with Crippen molar-refractivity contribution in [3.05, 3.63) is 29.3 Å². The number of aliphatic carboxylic acids is 1. The van der Waals surface area contributed by atoms with Crippen molar-refractivity contribution < 1.29 is 9.90 Å². The lowest BCUT2D eigenvalue weighted by atomic mass is 9.94. The van der Waals surface area contributed by atoms with E-state index in [2.05, 4.69) is 11.4 Å². The van der Waals surface area contributed by atoms with Crippen LogP contribution in [0.15, 0.2) is 18.2 Å². The van der Waals surface area contributed by atoms with Crippen molar-refractivity contribution in [3.8, 4) is 6.07 Å². The van der Waals surface area contributed by atoms with Crippen LogP contribution in [0.25, 0.3) is 0 Å². The first-order chi connectivity index (χ1) is 8.47. The molecule has 0 radical (unpaired) electrons. The van der Waals surface area contributed by atoms with E-state index in [1.54, 1.807) is 19.1 Å². The van der Waals surface area contributed by atoms with Crippen molar-refractivity contribution >= 4 is 11.7 Å². The Morgan fingerprint density at radius 2 is 2.22 bits per heavy atom. The Hall–Kier alpha value is -2.02. The number of nitrogens with zero attached hydrogens (tertiary/aromatic N) is 1. The minimum atomic E-state index is -0.946. The standard InChI is InChI=1S/C14H16N2O2/c1-9-3-4-10(8-15)7-12(9)16-14(2,13(17)18)11-5-6-11/h3-4,7,11,16H,5-6H2,1-2H3,(H,17,18). The average molecular weight is 244 g/mol. The second kappa shape index (κ2) is 4.34. The quantitative estimate of drug-likeness (QED) is 0.853. The third-order valence-electron chi connectivity index (χ3n) is 3.60. The fourth-order valence-electron chi connectivity index (χ4n) is 2.10. The molecule has 0 amide bonds. The number of aryl methyl sites for hydroxylation is 1. The molecule has 1 fully saturated rings. The van der Waals surface area contributed by atoms with Crippen LogP contribution in [0.4, 0.5) is 5.69 Å². The Morgan fingerprint density at radius 3 is 2.72 bits per heavy atom. The Balaban J connectivity index is 2.32. The van der Waals surface area contributed by atoms with E-state index in [0.717, 1.165) is 24.1 Å². The normalized spacial score (nSPS) is 17.6. The third-order valence-corrected chi connectivity index (χ3v) is 3.60. The highest BCUT2D eigenvalue weighted by atomic mass is 16.4. The molecule has 0 aliphatic heterocycles. The van der Waals surface area contributed by atoms with Gasteiger partial charge in [0.15, 0.2) is 0 Å². The van der Waals surface area contributed by atoms with Crippen LogP contribution in [0, 0.1) is 24.2 Å². The molecule has 4 nitrogen and oxygen atoms in total. The number of nitrogens with one attached hydrogen (secondary N) is 1. The van der Waals surface area contributed by atoms with Crippen molar-refractivity contribution in [1.29, 1.82) is 5.26 Å². The summed E-state index contributed by atoms with van der Waals surface area (Å²) >= 11 is 0. The monoisotopic (exact) mass is 244 g/mol. The van der Waals surface area contributed by atoms with E-state index in [4.69, 9.17) is 5.26 Å². The Kier molecular flexibility index (Phi) is 3.00. The molecule has 1 aromatic carbocycles. The topological polar surface area (TPSA) is 73.1 Å². The fraction of sp³-hybridized carbons (Fsp3) is 0.429. The number of hydrogen-bond acceptors (Lipinski definition) is 3. The molecule has 4 heteroatoms. The van der Waals surface area contributed by atoms with Crippen LogP contribution in [-0.4, -0.2) is 16.6 Å². The van der Waals surface area contributed by atoms with E-state index >= 15 is 0 Å². The first kappa shape index (κ1) is 12.4. The molecular weight excluding hydrogens is 228 g/mol. The Bertz CT molecular complexity index is 529. The molecule has 0 aromatic heterocycles. The van der Waals surface area contributed by atoms with E-state index in [1.807, 2.05) is 13.0 Å². The maximum Gasteiger partial charge on any atom is 0.329 e. The van der Waals surface area contributed by atoms with Crippen molar-refractivity contribution in [2.24, 2.45) is 5.92 Å². The van der Waals surface area contributed by atoms with Gasteiger partial charge in [-0.2, -0.15) is 5.26 Å². The summed E-state index contributed by atoms with van der Waals surface area (Å²) < 4.78 is 0. The highest BCUT2D eigenvalue weighted by Gasteiger charge is 2.47. The third kappa shape index (κ3) is 2.17. The molecule has 1 aliphatic rings. The minimum Gasteiger partial charge on any atom is -0.480 e. The second-order valence-corrected chi connectivity index (χ2v) is 5.05. The Morgan fingerprint density at radius 1 is 1.56 bits per heavy atom. The number of rotatable bonds is 4. The summed E-state index contributed by atoms with van der Waals surface area (Å²) in [6.07, 6.45) is 1.87. The van der Waals surface area contributed by atoms with Crippen LogP contribution in [0.3, 0.4) is 0 Å². The zero-order chi connectivity index (χ0) is 13.3. The van der Waals surface area contributed by atoms with Gasteiger partial charge in [-0.1, -0.05) is 6.07 Å². The fourth-order valence-corrected chi connectivity index (χ4v) is 2.10. The van der Waals surface area contributed by atoms with E-state index < -0.39 is 11.5 Å². The van der Waals surface area contributed by atoms with Gasteiger partial charge in [-0.3, -0.25) is 0 Å². The predicted octanol–water partition coefficient (Wildman–Crippen LogP) is 2.53. The van der Waals surface area contributed by atoms with Gasteiger partial charge in [-0.25, -0.2) is 4.79 Å². The minimum absolute atomic E-state index is 0.167. The SMILES string of the molecule is Cc1ccc(C#N)cc1NC(C)(C(=O)O)C1CC1. The van der Waals surface area contributed by atoms with E-state index in [-0.39, 0.29) is 5.92 Å². The van der Waals surface area contributed by atoms with Crippen molar-refractivity contribution in [2.45, 2.75) is 32.2 Å². The van der Waals surface area contributed by atoms with Gasteiger partial charge in [0.25, 0.3) is 0 Å². The molecule has 2 N–H and O–H groups in total. The number of anilines is 1. The van der Waals surface area contributed by atoms with E-state index in [1.165, 1.54) is 0 Å². The molecule has 0 bridgehead atoms. The summed E-state index contributed by atoms with van der Waals surface area (Å²) in [5.74, 6) is -0.674. The number of carboxylic acids is 1. The first-order valence-corrected chi connectivity index (χ1v) is 5.99. The number of benzene rings is 1. The second-order valence-electron chi connectivity index (χ2n) is 5.05. The van der Waals surface area contributed by atoms with Crippen molar-refractivity contribution in [2.75, 3.05) is 5.32 Å². The zero-order valence-corrected chi connectivity index (χ0v) is 10.5. The van der Waals surface area contributed by atoms with Crippen LogP contribution in [-0.2, 0) is 4.79 Å². The van der Waals surface area contributed by atoms with Crippen molar-refractivity contribution in [3.63, 3.8) is 0 Å². The molecule has 1 atom stereocenters. The molecule has 1 saturated carbocycles. The molecule has 94 valence electrons. The maximum atomic E-state index is 11.4. The van der Waals surface area contributed by atoms with Gasteiger partial charge in [0.2, 0.25) is 0 Å². The summed E-state index contributed by atoms with van der Waals surface area (Å²) in [7, 11) is 0. The van der Waals surface area contributed by atoms with Crippen LogP contribution < -0.4 is 5.32 Å². The van der Waals surface area contributed by atoms with Crippen LogP contribution in [0.1, 0.15) is 30.9 Å². The average Bonchev–Trinajstić information content (AvgIpc) is 3.15. The summed E-state index contributed by atoms with van der Waals surface area (Å²) in [6, 6.07) is 7.34. The molecule has 18 heavy (non-hydrogen) atoms. The lowest BCUT2D eigenvalue weighted by Crippen LogP contribution is -2.45.